The Balaban J connectivity index is 1.94. The summed E-state index contributed by atoms with van der Waals surface area (Å²) in [7, 11) is 1.53. The number of hydrogen-bond acceptors (Lipinski definition) is 4. The van der Waals surface area contributed by atoms with Crippen LogP contribution >= 0.6 is 11.8 Å². The van der Waals surface area contributed by atoms with E-state index in [0.29, 0.717) is 28.6 Å². The van der Waals surface area contributed by atoms with Gasteiger partial charge in [-0.15, -0.1) is 0 Å². The molecule has 4 nitrogen and oxygen atoms in total. The second-order valence-corrected chi connectivity index (χ2v) is 6.20. The molecule has 3 aromatic rings. The Morgan fingerprint density at radius 2 is 1.92 bits per heavy atom. The molecule has 1 heterocycles. The van der Waals surface area contributed by atoms with E-state index >= 15 is 0 Å². The van der Waals surface area contributed by atoms with Gasteiger partial charge < -0.3 is 14.5 Å². The first-order chi connectivity index (χ1) is 12.1. The number of methoxy groups -OCH3 is 1. The van der Waals surface area contributed by atoms with Crippen molar-refractivity contribution in [3.63, 3.8) is 0 Å². The zero-order valence-corrected chi connectivity index (χ0v) is 14.1. The van der Waals surface area contributed by atoms with E-state index < -0.39 is 11.7 Å². The van der Waals surface area contributed by atoms with Crippen molar-refractivity contribution in [1.29, 1.82) is 0 Å². The highest BCUT2D eigenvalue weighted by Gasteiger charge is 2.21. The highest BCUT2D eigenvalue weighted by atomic mass is 32.2. The van der Waals surface area contributed by atoms with Gasteiger partial charge in [-0.05, 0) is 18.2 Å². The topological polar surface area (TPSA) is 51.5 Å². The molecule has 0 aliphatic heterocycles. The number of halogens is 2. The number of thioether (sulfide) groups is 1. The number of fused-ring (bicyclic) bond motifs is 1. The van der Waals surface area contributed by atoms with Gasteiger partial charge in [0.25, 0.3) is 11.7 Å². The average Bonchev–Trinajstić information content (AvgIpc) is 2.96. The minimum Gasteiger partial charge on any atom is -0.451 e. The molecule has 130 valence electrons. The predicted octanol–water partition coefficient (Wildman–Crippen LogP) is 5.15. The summed E-state index contributed by atoms with van der Waals surface area (Å²) in [6.07, 6.45) is 0. The minimum absolute atomic E-state index is 0.111. The number of anilines is 1. The molecule has 0 unspecified atom stereocenters. The van der Waals surface area contributed by atoms with Gasteiger partial charge in [0.1, 0.15) is 5.58 Å². The standard InChI is InChI=1S/C18H15F2NO3S/c1-23-10-12-11-6-2-4-8-14(11)24-16(12)17(22)21-13-7-3-5-9-15(13)25-18(19)20/h2-9,18H,10H2,1H3,(H,21,22). The van der Waals surface area contributed by atoms with Crippen LogP contribution < -0.4 is 5.32 Å². The van der Waals surface area contributed by atoms with Crippen molar-refractivity contribution < 1.29 is 22.7 Å². The van der Waals surface area contributed by atoms with Gasteiger partial charge in [0.15, 0.2) is 5.76 Å². The molecular weight excluding hydrogens is 348 g/mol. The molecule has 1 N–H and O–H groups in total. The Hall–Kier alpha value is -2.38. The zero-order chi connectivity index (χ0) is 17.8. The maximum atomic E-state index is 12.7. The predicted molar refractivity (Wildman–Crippen MR) is 93.2 cm³/mol. The average molecular weight is 363 g/mol. The van der Waals surface area contributed by atoms with Gasteiger partial charge >= 0.3 is 0 Å². The largest absolute Gasteiger partial charge is 0.451 e. The number of ether oxygens (including phenoxy) is 1. The highest BCUT2D eigenvalue weighted by Crippen LogP contribution is 2.33. The second-order valence-electron chi connectivity index (χ2n) is 5.17. The van der Waals surface area contributed by atoms with Crippen molar-refractivity contribution >= 4 is 34.3 Å². The number of furan rings is 1. The van der Waals surface area contributed by atoms with Gasteiger partial charge in [0.05, 0.1) is 12.3 Å². The van der Waals surface area contributed by atoms with Crippen LogP contribution in [0.15, 0.2) is 57.8 Å². The number of nitrogens with one attached hydrogen (secondary N) is 1. The lowest BCUT2D eigenvalue weighted by Crippen LogP contribution is -2.14. The van der Waals surface area contributed by atoms with Gasteiger partial charge in [-0.3, -0.25) is 4.79 Å². The molecule has 2 aromatic carbocycles. The molecule has 1 aromatic heterocycles. The second kappa shape index (κ2) is 7.67. The summed E-state index contributed by atoms with van der Waals surface area (Å²) in [4.78, 5) is 12.9. The summed E-state index contributed by atoms with van der Waals surface area (Å²) >= 11 is 0.378. The Bertz CT molecular complexity index is 895. The summed E-state index contributed by atoms with van der Waals surface area (Å²) in [5, 5.41) is 3.43. The fourth-order valence-electron chi connectivity index (χ4n) is 2.52. The molecule has 0 bridgehead atoms. The Labute approximate surface area is 147 Å². The molecule has 1 amide bonds. The summed E-state index contributed by atoms with van der Waals surface area (Å²) in [6.45, 7) is 0.202. The molecule has 0 atom stereocenters. The normalized spacial score (nSPS) is 11.2. The molecule has 25 heavy (non-hydrogen) atoms. The minimum atomic E-state index is -2.58. The first-order valence-electron chi connectivity index (χ1n) is 7.44. The van der Waals surface area contributed by atoms with Crippen LogP contribution in [0.25, 0.3) is 11.0 Å². The van der Waals surface area contributed by atoms with Crippen LogP contribution in [-0.2, 0) is 11.3 Å². The third-order valence-electron chi connectivity index (χ3n) is 3.54. The van der Waals surface area contributed by atoms with Crippen molar-refractivity contribution in [1.82, 2.24) is 0 Å². The zero-order valence-electron chi connectivity index (χ0n) is 13.3. The summed E-state index contributed by atoms with van der Waals surface area (Å²) in [5.41, 5.74) is 1.49. The van der Waals surface area contributed by atoms with Crippen LogP contribution in [0.1, 0.15) is 16.1 Å². The van der Waals surface area contributed by atoms with Crippen molar-refractivity contribution in [3.8, 4) is 0 Å². The third-order valence-corrected chi connectivity index (χ3v) is 4.33. The number of para-hydroxylation sites is 2. The number of benzene rings is 2. The van der Waals surface area contributed by atoms with E-state index in [0.717, 1.165) is 5.39 Å². The van der Waals surface area contributed by atoms with Gasteiger partial charge in [-0.25, -0.2) is 0 Å². The highest BCUT2D eigenvalue weighted by molar-refractivity contribution is 7.99. The summed E-state index contributed by atoms with van der Waals surface area (Å²) < 4.78 is 36.2. The lowest BCUT2D eigenvalue weighted by Gasteiger charge is -2.10. The number of alkyl halides is 2. The fourth-order valence-corrected chi connectivity index (χ4v) is 3.11. The van der Waals surface area contributed by atoms with Gasteiger partial charge in [-0.2, -0.15) is 8.78 Å². The number of amides is 1. The SMILES string of the molecule is COCc1c(C(=O)Nc2ccccc2SC(F)F)oc2ccccc12. The quantitative estimate of drug-likeness (QED) is 0.616. The molecular formula is C18H15F2NO3S. The van der Waals surface area contributed by atoms with Crippen LogP contribution in [0.3, 0.4) is 0 Å². The van der Waals surface area contributed by atoms with E-state index in [4.69, 9.17) is 9.15 Å². The molecule has 0 saturated carbocycles. The van der Waals surface area contributed by atoms with Crippen molar-refractivity contribution in [3.05, 3.63) is 59.9 Å². The monoisotopic (exact) mass is 363 g/mol. The van der Waals surface area contributed by atoms with Crippen molar-refractivity contribution in [2.45, 2.75) is 17.3 Å². The van der Waals surface area contributed by atoms with E-state index in [2.05, 4.69) is 5.32 Å². The maximum Gasteiger partial charge on any atom is 0.291 e. The lowest BCUT2D eigenvalue weighted by molar-refractivity contribution is 0.0992. The molecule has 3 rings (SSSR count). The molecule has 0 fully saturated rings. The van der Waals surface area contributed by atoms with E-state index in [1.807, 2.05) is 12.1 Å². The first kappa shape index (κ1) is 17.4. The molecule has 0 aliphatic rings. The lowest BCUT2D eigenvalue weighted by atomic mass is 10.1. The summed E-state index contributed by atoms with van der Waals surface area (Å²) in [5.74, 6) is -2.97. The molecule has 7 heteroatoms. The molecule has 0 saturated heterocycles. The van der Waals surface area contributed by atoms with Crippen LogP contribution in [0.4, 0.5) is 14.5 Å². The molecule has 0 aliphatic carbocycles. The Kier molecular flexibility index (Phi) is 5.35. The Morgan fingerprint density at radius 1 is 1.20 bits per heavy atom. The van der Waals surface area contributed by atoms with Gasteiger partial charge in [0, 0.05) is 23.0 Å². The van der Waals surface area contributed by atoms with Crippen LogP contribution in [-0.4, -0.2) is 18.8 Å². The van der Waals surface area contributed by atoms with E-state index in [1.165, 1.54) is 13.2 Å². The third kappa shape index (κ3) is 3.83. The maximum absolute atomic E-state index is 12.7. The Morgan fingerprint density at radius 3 is 2.68 bits per heavy atom. The van der Waals surface area contributed by atoms with E-state index in [9.17, 15) is 13.6 Å². The number of hydrogen-bond donors (Lipinski definition) is 1. The van der Waals surface area contributed by atoms with Crippen LogP contribution in [0, 0.1) is 0 Å². The van der Waals surface area contributed by atoms with Gasteiger partial charge in [0.2, 0.25) is 0 Å². The fraction of sp³-hybridized carbons (Fsp3) is 0.167. The number of carbonyl (C=O) groups is 1. The molecule has 0 spiro atoms. The number of rotatable bonds is 6. The van der Waals surface area contributed by atoms with Crippen molar-refractivity contribution in [2.75, 3.05) is 12.4 Å². The number of carbonyl (C=O) groups excluding carboxylic acids is 1. The van der Waals surface area contributed by atoms with E-state index in [-0.39, 0.29) is 17.3 Å². The van der Waals surface area contributed by atoms with Crippen molar-refractivity contribution in [2.24, 2.45) is 0 Å². The van der Waals surface area contributed by atoms with Crippen LogP contribution in [0.2, 0.25) is 0 Å². The molecule has 0 radical (unpaired) electrons. The van der Waals surface area contributed by atoms with E-state index in [1.54, 1.807) is 30.3 Å². The smallest absolute Gasteiger partial charge is 0.291 e. The van der Waals surface area contributed by atoms with Crippen LogP contribution in [0.5, 0.6) is 0 Å². The van der Waals surface area contributed by atoms with Gasteiger partial charge in [-0.1, -0.05) is 42.1 Å². The first-order valence-corrected chi connectivity index (χ1v) is 8.32. The summed E-state index contributed by atoms with van der Waals surface area (Å²) in [6, 6.07) is 13.6.